The maximum atomic E-state index is 4.90. The Labute approximate surface area is 135 Å². The molecule has 3 nitrogen and oxygen atoms in total. The lowest BCUT2D eigenvalue weighted by molar-refractivity contribution is 1.14. The monoisotopic (exact) mass is 299 g/mol. The van der Waals surface area contributed by atoms with Crippen molar-refractivity contribution in [2.24, 2.45) is 4.99 Å². The van der Waals surface area contributed by atoms with Gasteiger partial charge in [0.25, 0.3) is 0 Å². The number of rotatable bonds is 2. The van der Waals surface area contributed by atoms with Crippen LogP contribution in [0.1, 0.15) is 23.6 Å². The number of pyridine rings is 1. The Hall–Kier alpha value is -2.94. The highest BCUT2D eigenvalue weighted by molar-refractivity contribution is 6.18. The van der Waals surface area contributed by atoms with Crippen LogP contribution in [0.4, 0.5) is 17.2 Å². The van der Waals surface area contributed by atoms with E-state index in [0.29, 0.717) is 0 Å². The summed E-state index contributed by atoms with van der Waals surface area (Å²) in [6.07, 6.45) is 2.79. The van der Waals surface area contributed by atoms with Crippen LogP contribution >= 0.6 is 0 Å². The molecule has 0 radical (unpaired) electrons. The third-order valence-corrected chi connectivity index (χ3v) is 4.07. The third kappa shape index (κ3) is 2.50. The molecule has 1 aliphatic heterocycles. The van der Waals surface area contributed by atoms with Crippen molar-refractivity contribution in [3.05, 3.63) is 83.6 Å². The molecule has 0 fully saturated rings. The second-order valence-electron chi connectivity index (χ2n) is 5.56. The summed E-state index contributed by atoms with van der Waals surface area (Å²) in [5, 5.41) is 3.45. The Morgan fingerprint density at radius 2 is 1.83 bits per heavy atom. The van der Waals surface area contributed by atoms with E-state index in [1.54, 1.807) is 6.20 Å². The van der Waals surface area contributed by atoms with Gasteiger partial charge in [0.15, 0.2) is 5.82 Å². The molecule has 3 aromatic rings. The van der Waals surface area contributed by atoms with Crippen LogP contribution in [0.15, 0.2) is 71.9 Å². The van der Waals surface area contributed by atoms with Gasteiger partial charge in [0.1, 0.15) is 5.69 Å². The lowest BCUT2D eigenvalue weighted by Gasteiger charge is -2.12. The zero-order chi connectivity index (χ0) is 15.6. The highest BCUT2D eigenvalue weighted by Gasteiger charge is 2.18. The second-order valence-corrected chi connectivity index (χ2v) is 5.56. The van der Waals surface area contributed by atoms with Gasteiger partial charge in [0, 0.05) is 23.0 Å². The molecule has 3 heteroatoms. The number of nitrogens with one attached hydrogen (secondary N) is 1. The van der Waals surface area contributed by atoms with Gasteiger partial charge < -0.3 is 5.32 Å². The van der Waals surface area contributed by atoms with Gasteiger partial charge in [-0.05, 0) is 30.2 Å². The van der Waals surface area contributed by atoms with Crippen LogP contribution in [-0.2, 0) is 6.42 Å². The number of hydrogen-bond acceptors (Lipinski definition) is 3. The van der Waals surface area contributed by atoms with Gasteiger partial charge in [-0.3, -0.25) is 0 Å². The van der Waals surface area contributed by atoms with E-state index in [4.69, 9.17) is 4.99 Å². The Bertz CT molecular complexity index is 882. The average molecular weight is 299 g/mol. The van der Waals surface area contributed by atoms with Crippen LogP contribution in [0.2, 0.25) is 0 Å². The minimum atomic E-state index is 0.799. The van der Waals surface area contributed by atoms with Gasteiger partial charge in [-0.25, -0.2) is 9.98 Å². The number of anilines is 2. The molecule has 0 saturated carbocycles. The van der Waals surface area contributed by atoms with E-state index < -0.39 is 0 Å². The summed E-state index contributed by atoms with van der Waals surface area (Å²) >= 11 is 0. The van der Waals surface area contributed by atoms with Gasteiger partial charge >= 0.3 is 0 Å². The molecule has 0 atom stereocenters. The van der Waals surface area contributed by atoms with Crippen LogP contribution in [0.5, 0.6) is 0 Å². The summed E-state index contributed by atoms with van der Waals surface area (Å²) in [5.41, 5.74) is 6.40. The number of aryl methyl sites for hydroxylation is 1. The molecule has 0 amide bonds. The summed E-state index contributed by atoms with van der Waals surface area (Å²) in [4.78, 5) is 9.34. The number of fused-ring (bicyclic) bond motifs is 2. The average Bonchev–Trinajstić information content (AvgIpc) is 2.78. The second kappa shape index (κ2) is 5.69. The largest absolute Gasteiger partial charge is 0.338 e. The zero-order valence-corrected chi connectivity index (χ0v) is 13.0. The van der Waals surface area contributed by atoms with E-state index in [2.05, 4.69) is 47.6 Å². The Kier molecular flexibility index (Phi) is 3.39. The summed E-state index contributed by atoms with van der Waals surface area (Å²) in [6, 6.07) is 20.7. The van der Waals surface area contributed by atoms with Crippen molar-refractivity contribution >= 4 is 22.9 Å². The summed E-state index contributed by atoms with van der Waals surface area (Å²) in [6.45, 7) is 2.16. The normalized spacial score (nSPS) is 12.5. The van der Waals surface area contributed by atoms with Crippen LogP contribution in [0.25, 0.3) is 0 Å². The topological polar surface area (TPSA) is 37.3 Å². The first-order chi connectivity index (χ1) is 11.3. The van der Waals surface area contributed by atoms with E-state index in [1.807, 2.05) is 30.3 Å². The van der Waals surface area contributed by atoms with Gasteiger partial charge in [-0.1, -0.05) is 49.4 Å². The number of aromatic nitrogens is 1. The molecule has 0 spiro atoms. The number of nitrogens with zero attached hydrogens (tertiary/aromatic N) is 2. The Morgan fingerprint density at radius 3 is 2.65 bits per heavy atom. The molecule has 1 aromatic heterocycles. The summed E-state index contributed by atoms with van der Waals surface area (Å²) in [7, 11) is 0. The van der Waals surface area contributed by atoms with Gasteiger partial charge in [-0.2, -0.15) is 0 Å². The molecule has 0 unspecified atom stereocenters. The Morgan fingerprint density at radius 1 is 0.957 bits per heavy atom. The van der Waals surface area contributed by atoms with E-state index in [0.717, 1.165) is 40.5 Å². The molecule has 2 aromatic carbocycles. The predicted octanol–water partition coefficient (Wildman–Crippen LogP) is 4.87. The minimum Gasteiger partial charge on any atom is -0.338 e. The lowest BCUT2D eigenvalue weighted by Crippen LogP contribution is -2.05. The van der Waals surface area contributed by atoms with Crippen molar-refractivity contribution in [3.8, 4) is 0 Å². The maximum Gasteiger partial charge on any atom is 0.156 e. The molecule has 23 heavy (non-hydrogen) atoms. The standard InChI is InChI=1S/C20H17N3/c1-2-14-10-11-16-18(13-14)23-20-17(9-6-12-21-20)22-19(16)15-7-4-3-5-8-15/h3-13H,2H2,1H3,(H,21,23). The van der Waals surface area contributed by atoms with Crippen LogP contribution in [0, 0.1) is 0 Å². The molecule has 1 N–H and O–H groups in total. The van der Waals surface area contributed by atoms with Crippen molar-refractivity contribution in [1.29, 1.82) is 0 Å². The fourth-order valence-corrected chi connectivity index (χ4v) is 2.83. The number of hydrogen-bond donors (Lipinski definition) is 1. The quantitative estimate of drug-likeness (QED) is 0.573. The van der Waals surface area contributed by atoms with Crippen molar-refractivity contribution in [1.82, 2.24) is 4.98 Å². The number of benzene rings is 2. The fraction of sp³-hybridized carbons (Fsp3) is 0.100. The highest BCUT2D eigenvalue weighted by atomic mass is 15.0. The van der Waals surface area contributed by atoms with Crippen molar-refractivity contribution in [3.63, 3.8) is 0 Å². The molecule has 4 rings (SSSR count). The van der Waals surface area contributed by atoms with Crippen molar-refractivity contribution < 1.29 is 0 Å². The minimum absolute atomic E-state index is 0.799. The van der Waals surface area contributed by atoms with Crippen molar-refractivity contribution in [2.45, 2.75) is 13.3 Å². The maximum absolute atomic E-state index is 4.90. The first kappa shape index (κ1) is 13.7. The van der Waals surface area contributed by atoms with Crippen LogP contribution < -0.4 is 5.32 Å². The van der Waals surface area contributed by atoms with Gasteiger partial charge in [0.05, 0.1) is 5.71 Å². The summed E-state index contributed by atoms with van der Waals surface area (Å²) < 4.78 is 0. The van der Waals surface area contributed by atoms with E-state index in [9.17, 15) is 0 Å². The molecule has 112 valence electrons. The molecule has 0 saturated heterocycles. The molecule has 2 heterocycles. The summed E-state index contributed by atoms with van der Waals surface area (Å²) in [5.74, 6) is 0.799. The molecule has 1 aliphatic rings. The third-order valence-electron chi connectivity index (χ3n) is 4.07. The molecule has 0 aliphatic carbocycles. The highest BCUT2D eigenvalue weighted by Crippen LogP contribution is 2.34. The van der Waals surface area contributed by atoms with E-state index >= 15 is 0 Å². The first-order valence-corrected chi connectivity index (χ1v) is 7.84. The van der Waals surface area contributed by atoms with Crippen LogP contribution in [-0.4, -0.2) is 10.7 Å². The van der Waals surface area contributed by atoms with Crippen molar-refractivity contribution in [2.75, 3.05) is 5.32 Å². The van der Waals surface area contributed by atoms with Gasteiger partial charge in [-0.15, -0.1) is 0 Å². The smallest absolute Gasteiger partial charge is 0.156 e. The van der Waals surface area contributed by atoms with Gasteiger partial charge in [0.2, 0.25) is 0 Å². The zero-order valence-electron chi connectivity index (χ0n) is 13.0. The number of aliphatic imine (C=N–C) groups is 1. The lowest BCUT2D eigenvalue weighted by atomic mass is 9.98. The SMILES string of the molecule is CCc1ccc2c(c1)Nc1ncccc1N=C2c1ccccc1. The molecular formula is C20H17N3. The molecular weight excluding hydrogens is 282 g/mol. The fourth-order valence-electron chi connectivity index (χ4n) is 2.83. The van der Waals surface area contributed by atoms with E-state index in [-0.39, 0.29) is 0 Å². The predicted molar refractivity (Wildman–Crippen MR) is 95.1 cm³/mol. The van der Waals surface area contributed by atoms with E-state index in [1.165, 1.54) is 5.56 Å². The first-order valence-electron chi connectivity index (χ1n) is 7.84. The molecule has 0 bridgehead atoms. The Balaban J connectivity index is 1.98. The van der Waals surface area contributed by atoms with Crippen LogP contribution in [0.3, 0.4) is 0 Å².